The molecule has 0 aliphatic heterocycles. The molecule has 7 heteroatoms. The molecule has 0 amide bonds. The zero-order valence-corrected chi connectivity index (χ0v) is 13.5. The average molecular weight is 326 g/mol. The summed E-state index contributed by atoms with van der Waals surface area (Å²) in [6.45, 7) is 2.68. The van der Waals surface area contributed by atoms with Gasteiger partial charge in [0.1, 0.15) is 10.6 Å². The van der Waals surface area contributed by atoms with Crippen molar-refractivity contribution in [1.82, 2.24) is 5.32 Å². The Morgan fingerprint density at radius 2 is 2.25 bits per heavy atom. The molecule has 0 aliphatic carbocycles. The molecule has 0 saturated carbocycles. The molecule has 0 atom stereocenters. The Balaban J connectivity index is 2.38. The van der Waals surface area contributed by atoms with E-state index in [0.717, 1.165) is 17.0 Å². The third-order valence-corrected chi connectivity index (χ3v) is 4.58. The fourth-order valence-electron chi connectivity index (χ4n) is 1.68. The first kappa shape index (κ1) is 15.0. The third-order valence-electron chi connectivity index (χ3n) is 2.53. The van der Waals surface area contributed by atoms with Crippen LogP contribution >= 0.6 is 34.9 Å². The van der Waals surface area contributed by atoms with E-state index in [1.54, 1.807) is 11.3 Å². The van der Waals surface area contributed by atoms with E-state index in [9.17, 15) is 4.79 Å². The smallest absolute Gasteiger partial charge is 0.341 e. The van der Waals surface area contributed by atoms with Crippen LogP contribution in [0.5, 0.6) is 0 Å². The molecule has 0 saturated heterocycles. The van der Waals surface area contributed by atoms with E-state index in [4.69, 9.17) is 17.0 Å². The van der Waals surface area contributed by atoms with E-state index in [0.29, 0.717) is 15.7 Å². The monoisotopic (exact) mass is 326 g/mol. The van der Waals surface area contributed by atoms with E-state index in [1.165, 1.54) is 18.4 Å². The predicted molar refractivity (Wildman–Crippen MR) is 88.9 cm³/mol. The van der Waals surface area contributed by atoms with Crippen LogP contribution in [0.15, 0.2) is 22.9 Å². The minimum Gasteiger partial charge on any atom is -0.465 e. The Morgan fingerprint density at radius 3 is 2.85 bits per heavy atom. The maximum Gasteiger partial charge on any atom is 0.341 e. The molecule has 2 N–H and O–H groups in total. The van der Waals surface area contributed by atoms with Crippen molar-refractivity contribution in [3.63, 3.8) is 0 Å². The van der Waals surface area contributed by atoms with E-state index in [-0.39, 0.29) is 5.97 Å². The maximum atomic E-state index is 12.0. The van der Waals surface area contributed by atoms with Crippen molar-refractivity contribution in [3.8, 4) is 10.4 Å². The molecular formula is C13H14N2O2S3. The summed E-state index contributed by atoms with van der Waals surface area (Å²) >= 11 is 8.18. The van der Waals surface area contributed by atoms with Crippen LogP contribution in [0.2, 0.25) is 0 Å². The molecule has 0 unspecified atom stereocenters. The summed E-state index contributed by atoms with van der Waals surface area (Å²) < 4.78 is 4.88. The summed E-state index contributed by atoms with van der Waals surface area (Å²) in [5.41, 5.74) is 1.40. The number of ether oxygens (including phenoxy) is 1. The van der Waals surface area contributed by atoms with E-state index in [1.807, 2.05) is 29.8 Å². The second-order valence-electron chi connectivity index (χ2n) is 3.81. The molecular weight excluding hydrogens is 312 g/mol. The summed E-state index contributed by atoms with van der Waals surface area (Å²) in [5.74, 6) is -0.364. The summed E-state index contributed by atoms with van der Waals surface area (Å²) in [7, 11) is 1.38. The van der Waals surface area contributed by atoms with Gasteiger partial charge in [-0.2, -0.15) is 0 Å². The van der Waals surface area contributed by atoms with Gasteiger partial charge in [-0.1, -0.05) is 6.07 Å². The molecule has 20 heavy (non-hydrogen) atoms. The summed E-state index contributed by atoms with van der Waals surface area (Å²) in [6, 6.07) is 3.93. The first-order valence-corrected chi connectivity index (χ1v) is 8.12. The van der Waals surface area contributed by atoms with E-state index in [2.05, 4.69) is 10.6 Å². The highest BCUT2D eigenvalue weighted by Gasteiger charge is 2.21. The lowest BCUT2D eigenvalue weighted by Gasteiger charge is -2.09. The quantitative estimate of drug-likeness (QED) is 0.664. The molecule has 2 aromatic rings. The number of rotatable bonds is 4. The molecule has 0 fully saturated rings. The van der Waals surface area contributed by atoms with Gasteiger partial charge in [-0.05, 0) is 30.6 Å². The number of hydrogen-bond acceptors (Lipinski definition) is 5. The standard InChI is InChI=1S/C13H14N2O2S3/c1-3-14-13(18)15-11-10(12(16)17-2)8(7-20-11)9-5-4-6-19-9/h4-7H,3H2,1-2H3,(H2,14,15,18). The minimum absolute atomic E-state index is 0.364. The van der Waals surface area contributed by atoms with Gasteiger partial charge < -0.3 is 15.4 Å². The minimum atomic E-state index is -0.364. The zero-order valence-electron chi connectivity index (χ0n) is 11.1. The van der Waals surface area contributed by atoms with Crippen LogP contribution in [0.4, 0.5) is 5.00 Å². The highest BCUT2D eigenvalue weighted by Crippen LogP contribution is 2.38. The normalized spacial score (nSPS) is 10.1. The molecule has 0 spiro atoms. The fraction of sp³-hybridized carbons (Fsp3) is 0.231. The molecule has 0 radical (unpaired) electrons. The second kappa shape index (κ2) is 6.83. The third kappa shape index (κ3) is 3.17. The summed E-state index contributed by atoms with van der Waals surface area (Å²) in [6.07, 6.45) is 0. The van der Waals surface area contributed by atoms with Gasteiger partial charge in [-0.3, -0.25) is 0 Å². The van der Waals surface area contributed by atoms with E-state index < -0.39 is 0 Å². The molecule has 2 aromatic heterocycles. The molecule has 2 heterocycles. The molecule has 106 valence electrons. The number of esters is 1. The predicted octanol–water partition coefficient (Wildman–Crippen LogP) is 3.57. The molecule has 0 bridgehead atoms. The lowest BCUT2D eigenvalue weighted by molar-refractivity contribution is 0.0603. The first-order valence-electron chi connectivity index (χ1n) is 5.95. The number of hydrogen-bond donors (Lipinski definition) is 2. The fourth-order valence-corrected chi connectivity index (χ4v) is 3.76. The van der Waals surface area contributed by atoms with Gasteiger partial charge in [0.25, 0.3) is 0 Å². The van der Waals surface area contributed by atoms with Gasteiger partial charge in [0.05, 0.1) is 7.11 Å². The summed E-state index contributed by atoms with van der Waals surface area (Å²) in [5, 5.41) is 11.2. The first-order chi connectivity index (χ1) is 9.67. The Labute approximate surface area is 130 Å². The van der Waals surface area contributed by atoms with Crippen LogP contribution in [-0.4, -0.2) is 24.7 Å². The Hall–Kier alpha value is -1.44. The maximum absolute atomic E-state index is 12.0. The number of carbonyl (C=O) groups excluding carboxylic acids is 1. The molecule has 0 aliphatic rings. The van der Waals surface area contributed by atoms with Crippen molar-refractivity contribution in [2.45, 2.75) is 6.92 Å². The van der Waals surface area contributed by atoms with Crippen molar-refractivity contribution in [2.75, 3.05) is 19.0 Å². The topological polar surface area (TPSA) is 50.4 Å². The van der Waals surface area contributed by atoms with E-state index >= 15 is 0 Å². The Kier molecular flexibility index (Phi) is 5.11. The van der Waals surface area contributed by atoms with Crippen molar-refractivity contribution in [2.24, 2.45) is 0 Å². The second-order valence-corrected chi connectivity index (χ2v) is 6.04. The lowest BCUT2D eigenvalue weighted by Crippen LogP contribution is -2.28. The van der Waals surface area contributed by atoms with Crippen LogP contribution in [0, 0.1) is 0 Å². The number of anilines is 1. The largest absolute Gasteiger partial charge is 0.465 e. The highest BCUT2D eigenvalue weighted by atomic mass is 32.1. The average Bonchev–Trinajstić information content (AvgIpc) is 3.06. The van der Waals surface area contributed by atoms with Gasteiger partial charge in [0, 0.05) is 22.4 Å². The van der Waals surface area contributed by atoms with Gasteiger partial charge in [0.15, 0.2) is 5.11 Å². The van der Waals surface area contributed by atoms with Crippen molar-refractivity contribution >= 4 is 51.0 Å². The number of nitrogens with one attached hydrogen (secondary N) is 2. The van der Waals surface area contributed by atoms with Crippen LogP contribution in [0.25, 0.3) is 10.4 Å². The van der Waals surface area contributed by atoms with Gasteiger partial charge in [-0.25, -0.2) is 4.79 Å². The Morgan fingerprint density at radius 1 is 1.45 bits per heavy atom. The number of thiocarbonyl (C=S) groups is 1. The molecule has 2 rings (SSSR count). The van der Waals surface area contributed by atoms with Gasteiger partial charge >= 0.3 is 5.97 Å². The Bertz CT molecular complexity index is 605. The number of methoxy groups -OCH3 is 1. The lowest BCUT2D eigenvalue weighted by atomic mass is 10.1. The van der Waals surface area contributed by atoms with Crippen LogP contribution in [-0.2, 0) is 4.74 Å². The molecule has 0 aromatic carbocycles. The van der Waals surface area contributed by atoms with Crippen LogP contribution in [0.3, 0.4) is 0 Å². The van der Waals surface area contributed by atoms with Crippen LogP contribution in [0.1, 0.15) is 17.3 Å². The van der Waals surface area contributed by atoms with Crippen molar-refractivity contribution < 1.29 is 9.53 Å². The number of carbonyl (C=O) groups is 1. The van der Waals surface area contributed by atoms with Crippen molar-refractivity contribution in [3.05, 3.63) is 28.5 Å². The van der Waals surface area contributed by atoms with Gasteiger partial charge in [0.2, 0.25) is 0 Å². The highest BCUT2D eigenvalue weighted by molar-refractivity contribution is 7.80. The number of thiophene rings is 2. The SMILES string of the molecule is CCNC(=S)Nc1scc(-c2cccs2)c1C(=O)OC. The zero-order chi connectivity index (χ0) is 14.5. The van der Waals surface area contributed by atoms with Gasteiger partial charge in [-0.15, -0.1) is 22.7 Å². The molecule has 4 nitrogen and oxygen atoms in total. The van der Waals surface area contributed by atoms with Crippen molar-refractivity contribution in [1.29, 1.82) is 0 Å². The summed E-state index contributed by atoms with van der Waals surface area (Å²) in [4.78, 5) is 13.1. The van der Waals surface area contributed by atoms with Crippen LogP contribution < -0.4 is 10.6 Å².